The molecular weight excluding hydrogens is 598 g/mol. The summed E-state index contributed by atoms with van der Waals surface area (Å²) < 4.78 is 31.1. The minimum Gasteiger partial charge on any atom is -0.448 e. The maximum Gasteiger partial charge on any atom is 0.407 e. The zero-order valence-electron chi connectivity index (χ0n) is 24.6. The van der Waals surface area contributed by atoms with Gasteiger partial charge in [0, 0.05) is 56.9 Å². The molecule has 2 aliphatic rings. The van der Waals surface area contributed by atoms with Crippen molar-refractivity contribution in [2.45, 2.75) is 24.7 Å². The molecule has 0 fully saturated rings. The second kappa shape index (κ2) is 15.2. The van der Waals surface area contributed by atoms with Gasteiger partial charge in [0.1, 0.15) is 19.0 Å². The fourth-order valence-corrected chi connectivity index (χ4v) is 4.87. The van der Waals surface area contributed by atoms with Crippen molar-refractivity contribution in [1.82, 2.24) is 24.9 Å². The molecule has 0 aliphatic carbocycles. The van der Waals surface area contributed by atoms with Crippen molar-refractivity contribution < 1.29 is 42.0 Å². The molecule has 238 valence electrons. The lowest BCUT2D eigenvalue weighted by atomic mass is 10.1. The Morgan fingerprint density at radius 2 is 1.75 bits per heavy atom. The Morgan fingerprint density at radius 3 is 2.41 bits per heavy atom. The van der Waals surface area contributed by atoms with Gasteiger partial charge in [-0.1, -0.05) is 13.0 Å². The standard InChI is InChI=1S/C27H35N7O9S/c1-4-11-34(43-13-10-30-27(39)42-12-9-29-23(35)17-33-24(36)7-8-25(33)37)26(38)19-14-18-5-6-20(44(40,41)32(2)3)16-21(18)31-22(28)15-19/h5-8,14,16H,4,9-13,15,17H2,1-3H3,(H2,28,31)(H,29,35)(H,30,39). The third-order valence-corrected chi connectivity index (χ3v) is 7.96. The number of nitrogens with one attached hydrogen (secondary N) is 2. The molecule has 3 rings (SSSR count). The number of sulfonamides is 1. The monoisotopic (exact) mass is 633 g/mol. The van der Waals surface area contributed by atoms with E-state index in [1.807, 2.05) is 6.92 Å². The first-order valence-electron chi connectivity index (χ1n) is 13.6. The summed E-state index contributed by atoms with van der Waals surface area (Å²) in [5, 5.41) is 6.05. The highest BCUT2D eigenvalue weighted by Crippen LogP contribution is 2.30. The van der Waals surface area contributed by atoms with Gasteiger partial charge in [-0.25, -0.2) is 27.6 Å². The van der Waals surface area contributed by atoms with E-state index in [4.69, 9.17) is 15.3 Å². The Morgan fingerprint density at radius 1 is 1.07 bits per heavy atom. The molecule has 0 bridgehead atoms. The van der Waals surface area contributed by atoms with Crippen molar-refractivity contribution in [2.75, 3.05) is 53.5 Å². The molecule has 16 nitrogen and oxygen atoms in total. The van der Waals surface area contributed by atoms with Crippen molar-refractivity contribution in [3.8, 4) is 0 Å². The number of amidine groups is 1. The van der Waals surface area contributed by atoms with Crippen LogP contribution in [-0.2, 0) is 38.8 Å². The number of fused-ring (bicyclic) bond motifs is 1. The van der Waals surface area contributed by atoms with Crippen LogP contribution < -0.4 is 16.4 Å². The predicted molar refractivity (Wildman–Crippen MR) is 157 cm³/mol. The van der Waals surface area contributed by atoms with E-state index in [0.717, 1.165) is 26.4 Å². The normalized spacial score (nSPS) is 14.5. The Labute approximate surface area is 254 Å². The Balaban J connectivity index is 1.47. The van der Waals surface area contributed by atoms with Gasteiger partial charge in [0.05, 0.1) is 23.7 Å². The van der Waals surface area contributed by atoms with Crippen LogP contribution in [0.3, 0.4) is 0 Å². The molecule has 5 amide bonds. The molecule has 2 heterocycles. The van der Waals surface area contributed by atoms with Crippen LogP contribution in [0, 0.1) is 0 Å². The van der Waals surface area contributed by atoms with Crippen molar-refractivity contribution in [2.24, 2.45) is 10.7 Å². The molecule has 4 N–H and O–H groups in total. The average molecular weight is 634 g/mol. The molecule has 1 aromatic rings. The Bertz CT molecular complexity index is 1480. The van der Waals surface area contributed by atoms with Gasteiger partial charge < -0.3 is 21.1 Å². The molecule has 17 heteroatoms. The van der Waals surface area contributed by atoms with Crippen molar-refractivity contribution in [3.63, 3.8) is 0 Å². The molecular formula is C27H35N7O9S. The van der Waals surface area contributed by atoms with Gasteiger partial charge in [-0.2, -0.15) is 0 Å². The number of ether oxygens (including phenoxy) is 1. The maximum absolute atomic E-state index is 13.3. The molecule has 0 saturated carbocycles. The number of carbonyl (C=O) groups excluding carboxylic acids is 5. The SMILES string of the molecule is CCCN(OCCNC(=O)OCCNC(=O)CN1C(=O)C=CC1=O)C(=O)C1=Cc2ccc(S(=O)(=O)N(C)C)cc2N=C(N)C1. The molecule has 0 radical (unpaired) electrons. The predicted octanol–water partition coefficient (Wildman–Crippen LogP) is -0.350. The van der Waals surface area contributed by atoms with Crippen LogP contribution in [0.1, 0.15) is 25.3 Å². The first kappa shape index (κ1) is 33.9. The third-order valence-electron chi connectivity index (χ3n) is 6.15. The number of nitrogens with two attached hydrogens (primary N) is 1. The number of benzene rings is 1. The van der Waals surface area contributed by atoms with Crippen molar-refractivity contribution in [1.29, 1.82) is 0 Å². The summed E-state index contributed by atoms with van der Waals surface area (Å²) in [5.41, 5.74) is 7.17. The summed E-state index contributed by atoms with van der Waals surface area (Å²) in [7, 11) is -0.857. The lowest BCUT2D eigenvalue weighted by Crippen LogP contribution is -2.41. The Kier molecular flexibility index (Phi) is 11.7. The summed E-state index contributed by atoms with van der Waals surface area (Å²) in [5.74, 6) is -2.09. The number of hydrogen-bond donors (Lipinski definition) is 3. The smallest absolute Gasteiger partial charge is 0.407 e. The van der Waals surface area contributed by atoms with Crippen LogP contribution in [0.5, 0.6) is 0 Å². The summed E-state index contributed by atoms with van der Waals surface area (Å²) in [6.07, 6.45) is 3.53. The van der Waals surface area contributed by atoms with Crippen LogP contribution in [0.4, 0.5) is 10.5 Å². The summed E-state index contributed by atoms with van der Waals surface area (Å²) >= 11 is 0. The molecule has 44 heavy (non-hydrogen) atoms. The first-order chi connectivity index (χ1) is 20.8. The van der Waals surface area contributed by atoms with Gasteiger partial charge in [0.25, 0.3) is 17.7 Å². The number of aliphatic imine (C=N–C) groups is 1. The van der Waals surface area contributed by atoms with Crippen LogP contribution in [0.15, 0.2) is 45.8 Å². The fourth-order valence-electron chi connectivity index (χ4n) is 3.95. The minimum absolute atomic E-state index is 0.000522. The highest BCUT2D eigenvalue weighted by molar-refractivity contribution is 7.89. The molecule has 0 atom stereocenters. The molecule has 1 aromatic carbocycles. The molecule has 0 spiro atoms. The van der Waals surface area contributed by atoms with Crippen molar-refractivity contribution >= 4 is 57.3 Å². The lowest BCUT2D eigenvalue weighted by Gasteiger charge is -2.22. The molecule has 0 unspecified atom stereocenters. The number of imide groups is 1. The van der Waals surface area contributed by atoms with Crippen LogP contribution in [0.25, 0.3) is 6.08 Å². The maximum atomic E-state index is 13.3. The van der Waals surface area contributed by atoms with E-state index < -0.39 is 46.3 Å². The number of rotatable bonds is 14. The third kappa shape index (κ3) is 8.95. The van der Waals surface area contributed by atoms with E-state index in [-0.39, 0.29) is 55.6 Å². The van der Waals surface area contributed by atoms with E-state index >= 15 is 0 Å². The number of carbonyl (C=O) groups is 5. The van der Waals surface area contributed by atoms with E-state index in [0.29, 0.717) is 17.7 Å². The van der Waals surface area contributed by atoms with Gasteiger partial charge in [-0.15, -0.1) is 0 Å². The average Bonchev–Trinajstić information content (AvgIpc) is 3.18. The first-order valence-corrected chi connectivity index (χ1v) is 15.0. The van der Waals surface area contributed by atoms with E-state index in [9.17, 15) is 32.4 Å². The van der Waals surface area contributed by atoms with Gasteiger partial charge >= 0.3 is 6.09 Å². The van der Waals surface area contributed by atoms with Gasteiger partial charge in [-0.3, -0.25) is 28.9 Å². The van der Waals surface area contributed by atoms with Gasteiger partial charge in [-0.05, 0) is 24.6 Å². The second-order valence-electron chi connectivity index (χ2n) is 9.71. The minimum atomic E-state index is -3.70. The van der Waals surface area contributed by atoms with Crippen molar-refractivity contribution in [3.05, 3.63) is 41.5 Å². The Hall–Kier alpha value is -4.61. The molecule has 0 aromatic heterocycles. The molecule has 0 saturated heterocycles. The quantitative estimate of drug-likeness (QED) is 0.138. The van der Waals surface area contributed by atoms with E-state index in [1.165, 1.54) is 26.2 Å². The fraction of sp³-hybridized carbons (Fsp3) is 0.407. The number of hydrogen-bond acceptors (Lipinski definition) is 11. The number of amides is 5. The van der Waals surface area contributed by atoms with Crippen LogP contribution >= 0.6 is 0 Å². The highest BCUT2D eigenvalue weighted by Gasteiger charge is 2.26. The number of hydroxylamine groups is 2. The zero-order valence-corrected chi connectivity index (χ0v) is 25.4. The summed E-state index contributed by atoms with van der Waals surface area (Å²) in [4.78, 5) is 70.9. The van der Waals surface area contributed by atoms with E-state index in [1.54, 1.807) is 12.1 Å². The molecule has 2 aliphatic heterocycles. The topological polar surface area (TPSA) is 210 Å². The number of nitrogens with zero attached hydrogens (tertiary/aromatic N) is 4. The highest BCUT2D eigenvalue weighted by atomic mass is 32.2. The number of alkyl carbamates (subject to hydrolysis) is 1. The zero-order chi connectivity index (χ0) is 32.4. The van der Waals surface area contributed by atoms with E-state index in [2.05, 4.69) is 15.6 Å². The second-order valence-corrected chi connectivity index (χ2v) is 11.9. The van der Waals surface area contributed by atoms with Crippen LogP contribution in [-0.4, -0.2) is 112 Å². The van der Waals surface area contributed by atoms with Crippen LogP contribution in [0.2, 0.25) is 0 Å². The largest absolute Gasteiger partial charge is 0.448 e. The van der Waals surface area contributed by atoms with Gasteiger partial charge in [0.2, 0.25) is 15.9 Å². The summed E-state index contributed by atoms with van der Waals surface area (Å²) in [6.45, 7) is 1.39. The lowest BCUT2D eigenvalue weighted by molar-refractivity contribution is -0.181. The summed E-state index contributed by atoms with van der Waals surface area (Å²) in [6, 6.07) is 4.39. The van der Waals surface area contributed by atoms with Gasteiger partial charge in [0.15, 0.2) is 0 Å².